The molecule has 0 aliphatic carbocycles. The first-order valence-electron chi connectivity index (χ1n) is 10.2. The van der Waals surface area contributed by atoms with Crippen LogP contribution in [-0.2, 0) is 25.9 Å². The van der Waals surface area contributed by atoms with Crippen molar-refractivity contribution in [3.05, 3.63) is 116 Å². The maximum absolute atomic E-state index is 13.1. The van der Waals surface area contributed by atoms with Crippen LogP contribution in [0.25, 0.3) is 6.08 Å². The molecule has 0 atom stereocenters. The van der Waals surface area contributed by atoms with Gasteiger partial charge in [-0.1, -0.05) is 60.7 Å². The number of hydrogen-bond donors (Lipinski definition) is 1. The van der Waals surface area contributed by atoms with Crippen molar-refractivity contribution in [2.45, 2.75) is 25.9 Å². The van der Waals surface area contributed by atoms with E-state index in [1.807, 2.05) is 60.7 Å². The highest BCUT2D eigenvalue weighted by Gasteiger charge is 2.18. The lowest BCUT2D eigenvalue weighted by molar-refractivity contribution is 0.386. The highest BCUT2D eigenvalue weighted by Crippen LogP contribution is 2.18. The molecule has 1 aliphatic rings. The molecule has 0 amide bonds. The highest BCUT2D eigenvalue weighted by molar-refractivity contribution is 5.79. The van der Waals surface area contributed by atoms with E-state index in [2.05, 4.69) is 4.99 Å². The fraction of sp³-hybridized carbons (Fsp3) is 0.160. The SMILES string of the molecule is O=c1c(C=C2C=CC=N2)c(O)n(CCc2ccccc2)c(=O)n1CCc1ccccc1. The summed E-state index contributed by atoms with van der Waals surface area (Å²) in [6, 6.07) is 19.4. The van der Waals surface area contributed by atoms with Gasteiger partial charge in [0, 0.05) is 19.3 Å². The Labute approximate surface area is 179 Å². The Kier molecular flexibility index (Phi) is 6.08. The third kappa shape index (κ3) is 4.64. The number of allylic oxidation sites excluding steroid dienone is 2. The minimum atomic E-state index is -0.516. The van der Waals surface area contributed by atoms with Crippen molar-refractivity contribution in [2.24, 2.45) is 4.99 Å². The standard InChI is InChI=1S/C25H23N3O3/c29-23-22(18-21-12-7-15-26-21)24(30)28(17-14-20-10-5-2-6-11-20)25(31)27(23)16-13-19-8-3-1-4-9-19/h1-12,15,18,29H,13-14,16-17H2. The van der Waals surface area contributed by atoms with Gasteiger partial charge in [0.1, 0.15) is 5.56 Å². The van der Waals surface area contributed by atoms with Gasteiger partial charge in [-0.15, -0.1) is 0 Å². The van der Waals surface area contributed by atoms with Crippen LogP contribution in [0.15, 0.2) is 93.1 Å². The van der Waals surface area contributed by atoms with Crippen molar-refractivity contribution in [1.29, 1.82) is 0 Å². The van der Waals surface area contributed by atoms with E-state index in [4.69, 9.17) is 0 Å². The smallest absolute Gasteiger partial charge is 0.333 e. The zero-order chi connectivity index (χ0) is 21.6. The number of rotatable bonds is 7. The molecule has 0 fully saturated rings. The van der Waals surface area contributed by atoms with Gasteiger partial charge in [0.25, 0.3) is 5.56 Å². The molecule has 4 rings (SSSR count). The van der Waals surface area contributed by atoms with Gasteiger partial charge in [-0.3, -0.25) is 18.9 Å². The van der Waals surface area contributed by atoms with E-state index in [1.165, 1.54) is 15.2 Å². The Hall–Kier alpha value is -3.93. The van der Waals surface area contributed by atoms with E-state index >= 15 is 0 Å². The van der Waals surface area contributed by atoms with Crippen LogP contribution in [0, 0.1) is 0 Å². The molecule has 156 valence electrons. The maximum Gasteiger partial charge on any atom is 0.333 e. The molecule has 1 aliphatic heterocycles. The Morgan fingerprint density at radius 1 is 0.839 bits per heavy atom. The number of aryl methyl sites for hydroxylation is 2. The van der Waals surface area contributed by atoms with Crippen LogP contribution in [0.1, 0.15) is 16.7 Å². The second-order valence-electron chi connectivity index (χ2n) is 7.31. The first-order valence-corrected chi connectivity index (χ1v) is 10.2. The summed E-state index contributed by atoms with van der Waals surface area (Å²) >= 11 is 0. The minimum absolute atomic E-state index is 0.0689. The predicted molar refractivity (Wildman–Crippen MR) is 123 cm³/mol. The predicted octanol–water partition coefficient (Wildman–Crippen LogP) is 3.18. The second kappa shape index (κ2) is 9.26. The molecule has 0 saturated heterocycles. The Morgan fingerprint density at radius 2 is 1.42 bits per heavy atom. The first kappa shape index (κ1) is 20.3. The molecule has 2 aromatic carbocycles. The molecule has 0 radical (unpaired) electrons. The van der Waals surface area contributed by atoms with Gasteiger partial charge in [-0.05, 0) is 42.2 Å². The van der Waals surface area contributed by atoms with E-state index in [-0.39, 0.29) is 24.5 Å². The average Bonchev–Trinajstić information content (AvgIpc) is 3.31. The number of aromatic hydroxyl groups is 1. The van der Waals surface area contributed by atoms with Gasteiger partial charge in [-0.2, -0.15) is 0 Å². The summed E-state index contributed by atoms with van der Waals surface area (Å²) in [5.41, 5.74) is 1.66. The second-order valence-corrected chi connectivity index (χ2v) is 7.31. The van der Waals surface area contributed by atoms with Gasteiger partial charge in [0.15, 0.2) is 0 Å². The van der Waals surface area contributed by atoms with Gasteiger partial charge in [0.2, 0.25) is 5.88 Å². The maximum atomic E-state index is 13.1. The third-order valence-electron chi connectivity index (χ3n) is 5.24. The molecule has 6 heteroatoms. The van der Waals surface area contributed by atoms with E-state index in [9.17, 15) is 14.7 Å². The molecule has 0 unspecified atom stereocenters. The Morgan fingerprint density at radius 3 is 1.97 bits per heavy atom. The molecule has 1 aromatic heterocycles. The van der Waals surface area contributed by atoms with Crippen molar-refractivity contribution < 1.29 is 5.11 Å². The molecule has 6 nitrogen and oxygen atoms in total. The molecule has 3 aromatic rings. The van der Waals surface area contributed by atoms with E-state index in [1.54, 1.807) is 18.4 Å². The van der Waals surface area contributed by atoms with Crippen LogP contribution in [0.5, 0.6) is 5.88 Å². The quantitative estimate of drug-likeness (QED) is 0.646. The fourth-order valence-corrected chi connectivity index (χ4v) is 3.55. The van der Waals surface area contributed by atoms with Gasteiger partial charge < -0.3 is 5.11 Å². The van der Waals surface area contributed by atoms with Gasteiger partial charge >= 0.3 is 5.69 Å². The van der Waals surface area contributed by atoms with Crippen LogP contribution in [0.3, 0.4) is 0 Å². The summed E-state index contributed by atoms with van der Waals surface area (Å²) in [5, 5.41) is 10.8. The van der Waals surface area contributed by atoms with Crippen molar-refractivity contribution in [2.75, 3.05) is 0 Å². The molecular weight excluding hydrogens is 390 g/mol. The summed E-state index contributed by atoms with van der Waals surface area (Å²) in [6.45, 7) is 0.484. The zero-order valence-corrected chi connectivity index (χ0v) is 17.0. The van der Waals surface area contributed by atoms with Crippen LogP contribution in [-0.4, -0.2) is 20.5 Å². The Bertz CT molecular complexity index is 1250. The molecule has 1 N–H and O–H groups in total. The largest absolute Gasteiger partial charge is 0.494 e. The normalized spacial score (nSPS) is 13.9. The zero-order valence-electron chi connectivity index (χ0n) is 17.0. The number of aliphatic imine (C=N–C) groups is 1. The van der Waals surface area contributed by atoms with Crippen molar-refractivity contribution in [1.82, 2.24) is 9.13 Å². The lowest BCUT2D eigenvalue weighted by Crippen LogP contribution is -2.41. The summed E-state index contributed by atoms with van der Waals surface area (Å²) in [7, 11) is 0. The lowest BCUT2D eigenvalue weighted by Gasteiger charge is -2.15. The summed E-state index contributed by atoms with van der Waals surface area (Å²) in [6.07, 6.45) is 7.72. The van der Waals surface area contributed by atoms with Gasteiger partial charge in [-0.25, -0.2) is 4.79 Å². The summed E-state index contributed by atoms with van der Waals surface area (Å²) in [4.78, 5) is 30.4. The molecule has 0 saturated carbocycles. The molecule has 31 heavy (non-hydrogen) atoms. The van der Waals surface area contributed by atoms with Crippen LogP contribution in [0.2, 0.25) is 0 Å². The number of hydrogen-bond acceptors (Lipinski definition) is 4. The van der Waals surface area contributed by atoms with Crippen molar-refractivity contribution in [3.63, 3.8) is 0 Å². The van der Waals surface area contributed by atoms with Crippen LogP contribution >= 0.6 is 0 Å². The van der Waals surface area contributed by atoms with E-state index in [0.29, 0.717) is 18.5 Å². The first-order chi connectivity index (χ1) is 15.1. The minimum Gasteiger partial charge on any atom is -0.494 e. The monoisotopic (exact) mass is 413 g/mol. The number of aromatic nitrogens is 2. The Balaban J connectivity index is 1.74. The lowest BCUT2D eigenvalue weighted by atomic mass is 10.1. The van der Waals surface area contributed by atoms with Crippen LogP contribution < -0.4 is 11.2 Å². The number of nitrogens with zero attached hydrogens (tertiary/aromatic N) is 3. The van der Waals surface area contributed by atoms with Crippen LogP contribution in [0.4, 0.5) is 0 Å². The third-order valence-corrected chi connectivity index (χ3v) is 5.24. The molecule has 0 spiro atoms. The topological polar surface area (TPSA) is 76.6 Å². The summed E-state index contributed by atoms with van der Waals surface area (Å²) in [5.74, 6) is -0.329. The number of benzene rings is 2. The molecule has 0 bridgehead atoms. The molecular formula is C25H23N3O3. The fourth-order valence-electron chi connectivity index (χ4n) is 3.55. The van der Waals surface area contributed by atoms with E-state index < -0.39 is 11.2 Å². The molecule has 2 heterocycles. The van der Waals surface area contributed by atoms with Gasteiger partial charge in [0.05, 0.1) is 5.70 Å². The highest BCUT2D eigenvalue weighted by atomic mass is 16.3. The van der Waals surface area contributed by atoms with E-state index in [0.717, 1.165) is 11.1 Å². The van der Waals surface area contributed by atoms with Crippen molar-refractivity contribution >= 4 is 12.3 Å². The van der Waals surface area contributed by atoms with Crippen molar-refractivity contribution in [3.8, 4) is 5.88 Å². The average molecular weight is 413 g/mol. The summed E-state index contributed by atoms with van der Waals surface area (Å²) < 4.78 is 2.47.